The average molecular weight is 468 g/mol. The molecule has 5 rings (SSSR count). The molecule has 1 heterocycles. The molecule has 2 fully saturated rings. The number of nitrogens with zero attached hydrogens (tertiary/aromatic N) is 3. The molecule has 3 amide bonds. The van der Waals surface area contributed by atoms with Crippen LogP contribution in [0.3, 0.4) is 0 Å². The minimum absolute atomic E-state index is 0.0510. The minimum atomic E-state index is -0.425. The maximum Gasteiger partial charge on any atom is 0.329 e. The van der Waals surface area contributed by atoms with Crippen LogP contribution in [-0.2, 0) is 10.2 Å². The summed E-state index contributed by atoms with van der Waals surface area (Å²) in [5.41, 5.74) is 2.40. The summed E-state index contributed by atoms with van der Waals surface area (Å²) in [5.74, 6) is 0.235. The lowest BCUT2D eigenvalue weighted by Crippen LogP contribution is -2.57. The monoisotopic (exact) mass is 467 g/mol. The zero-order valence-electron chi connectivity index (χ0n) is 20.2. The predicted octanol–water partition coefficient (Wildman–Crippen LogP) is 5.99. The largest absolute Gasteiger partial charge is 0.338 e. The quantitative estimate of drug-likeness (QED) is 0.473. The Kier molecular flexibility index (Phi) is 6.84. The fraction of sp³-hybridized carbons (Fsp3) is 0.333. The van der Waals surface area contributed by atoms with E-state index >= 15 is 0 Å². The summed E-state index contributed by atoms with van der Waals surface area (Å²) in [6.45, 7) is 2.20. The highest BCUT2D eigenvalue weighted by atomic mass is 16.2. The summed E-state index contributed by atoms with van der Waals surface area (Å²) >= 11 is 0. The number of anilines is 2. The normalized spacial score (nSPS) is 17.6. The van der Waals surface area contributed by atoms with Crippen LogP contribution in [0.1, 0.15) is 37.7 Å². The van der Waals surface area contributed by atoms with Crippen LogP contribution in [0.5, 0.6) is 0 Å². The van der Waals surface area contributed by atoms with Gasteiger partial charge in [-0.2, -0.15) is 0 Å². The Morgan fingerprint density at radius 3 is 1.57 bits per heavy atom. The first kappa shape index (κ1) is 23.2. The SMILES string of the molecule is O=C(N1CCN(C(=O)C2(c3ccccc3)CCCCC2)CC1)N(c1ccccc1)c1ccccc1. The van der Waals surface area contributed by atoms with Gasteiger partial charge < -0.3 is 9.80 Å². The molecule has 2 aliphatic rings. The van der Waals surface area contributed by atoms with Gasteiger partial charge in [0.05, 0.1) is 16.8 Å². The molecule has 0 spiro atoms. The second kappa shape index (κ2) is 10.3. The second-order valence-corrected chi connectivity index (χ2v) is 9.58. The van der Waals surface area contributed by atoms with Gasteiger partial charge in [-0.3, -0.25) is 9.69 Å². The maximum atomic E-state index is 13.9. The van der Waals surface area contributed by atoms with E-state index in [9.17, 15) is 9.59 Å². The van der Waals surface area contributed by atoms with Gasteiger partial charge in [0.1, 0.15) is 0 Å². The molecule has 1 aliphatic carbocycles. The van der Waals surface area contributed by atoms with E-state index in [1.165, 1.54) is 6.42 Å². The number of urea groups is 1. The van der Waals surface area contributed by atoms with Crippen molar-refractivity contribution in [3.05, 3.63) is 96.6 Å². The minimum Gasteiger partial charge on any atom is -0.338 e. The topological polar surface area (TPSA) is 43.9 Å². The van der Waals surface area contributed by atoms with Gasteiger partial charge in [-0.1, -0.05) is 86.0 Å². The molecule has 5 heteroatoms. The number of hydrogen-bond acceptors (Lipinski definition) is 2. The van der Waals surface area contributed by atoms with Crippen LogP contribution in [0.15, 0.2) is 91.0 Å². The zero-order valence-corrected chi connectivity index (χ0v) is 20.2. The van der Waals surface area contributed by atoms with Gasteiger partial charge in [0.2, 0.25) is 5.91 Å². The van der Waals surface area contributed by atoms with E-state index in [1.54, 1.807) is 4.90 Å². The van der Waals surface area contributed by atoms with Crippen molar-refractivity contribution in [2.24, 2.45) is 0 Å². The Labute approximate surface area is 208 Å². The maximum absolute atomic E-state index is 13.9. The van der Waals surface area contributed by atoms with Crippen molar-refractivity contribution in [1.29, 1.82) is 0 Å². The van der Waals surface area contributed by atoms with Gasteiger partial charge in [-0.05, 0) is 42.7 Å². The first-order chi connectivity index (χ1) is 17.2. The van der Waals surface area contributed by atoms with Crippen LogP contribution < -0.4 is 4.90 Å². The van der Waals surface area contributed by atoms with E-state index < -0.39 is 5.41 Å². The van der Waals surface area contributed by atoms with E-state index in [0.29, 0.717) is 26.2 Å². The zero-order chi connectivity index (χ0) is 24.1. The smallest absolute Gasteiger partial charge is 0.329 e. The standard InChI is InChI=1S/C30H33N3O2/c34-28(30(19-11-4-12-20-30)25-13-5-1-6-14-25)31-21-23-32(24-22-31)29(35)33(26-15-7-2-8-16-26)27-17-9-3-10-18-27/h1-3,5-10,13-18H,4,11-12,19-24H2. The molecular weight excluding hydrogens is 434 g/mol. The highest BCUT2D eigenvalue weighted by molar-refractivity contribution is 5.99. The summed E-state index contributed by atoms with van der Waals surface area (Å²) in [6, 6.07) is 29.8. The van der Waals surface area contributed by atoms with Crippen LogP contribution in [0.25, 0.3) is 0 Å². The molecule has 0 N–H and O–H groups in total. The van der Waals surface area contributed by atoms with Gasteiger partial charge in [0, 0.05) is 26.2 Å². The van der Waals surface area contributed by atoms with E-state index in [-0.39, 0.29) is 11.9 Å². The number of hydrogen-bond donors (Lipinski definition) is 0. The summed E-state index contributed by atoms with van der Waals surface area (Å²) < 4.78 is 0. The molecule has 3 aromatic carbocycles. The van der Waals surface area contributed by atoms with Gasteiger partial charge in [-0.15, -0.1) is 0 Å². The summed E-state index contributed by atoms with van der Waals surface area (Å²) in [5, 5.41) is 0. The van der Waals surface area contributed by atoms with Crippen molar-refractivity contribution in [3.8, 4) is 0 Å². The molecule has 1 saturated heterocycles. The number of benzene rings is 3. The lowest BCUT2D eigenvalue weighted by atomic mass is 9.68. The Morgan fingerprint density at radius 2 is 1.06 bits per heavy atom. The Bertz CT molecular complexity index is 1080. The number of carbonyl (C=O) groups excluding carboxylic acids is 2. The second-order valence-electron chi connectivity index (χ2n) is 9.58. The lowest BCUT2D eigenvalue weighted by molar-refractivity contribution is -0.140. The number of para-hydroxylation sites is 2. The van der Waals surface area contributed by atoms with Crippen molar-refractivity contribution in [2.75, 3.05) is 31.1 Å². The molecule has 1 aliphatic heterocycles. The van der Waals surface area contributed by atoms with E-state index in [4.69, 9.17) is 0 Å². The first-order valence-electron chi connectivity index (χ1n) is 12.7. The first-order valence-corrected chi connectivity index (χ1v) is 12.7. The van der Waals surface area contributed by atoms with Crippen molar-refractivity contribution in [1.82, 2.24) is 9.80 Å². The van der Waals surface area contributed by atoms with E-state index in [0.717, 1.165) is 42.6 Å². The third-order valence-corrected chi connectivity index (χ3v) is 7.50. The highest BCUT2D eigenvalue weighted by Gasteiger charge is 2.44. The van der Waals surface area contributed by atoms with Crippen LogP contribution in [0, 0.1) is 0 Å². The predicted molar refractivity (Wildman–Crippen MR) is 140 cm³/mol. The molecular formula is C30H33N3O2. The fourth-order valence-corrected chi connectivity index (χ4v) is 5.61. The van der Waals surface area contributed by atoms with Crippen LogP contribution in [-0.4, -0.2) is 47.9 Å². The summed E-state index contributed by atoms with van der Waals surface area (Å²) in [4.78, 5) is 33.3. The number of carbonyl (C=O) groups is 2. The molecule has 35 heavy (non-hydrogen) atoms. The van der Waals surface area contributed by atoms with Crippen molar-refractivity contribution >= 4 is 23.3 Å². The van der Waals surface area contributed by atoms with Crippen molar-refractivity contribution in [3.63, 3.8) is 0 Å². The molecule has 0 radical (unpaired) electrons. The summed E-state index contributed by atoms with van der Waals surface area (Å²) in [6.07, 6.45) is 5.18. The van der Waals surface area contributed by atoms with E-state index in [1.807, 2.05) is 88.7 Å². The van der Waals surface area contributed by atoms with Crippen molar-refractivity contribution in [2.45, 2.75) is 37.5 Å². The number of amides is 3. The third-order valence-electron chi connectivity index (χ3n) is 7.50. The fourth-order valence-electron chi connectivity index (χ4n) is 5.61. The summed E-state index contributed by atoms with van der Waals surface area (Å²) in [7, 11) is 0. The van der Waals surface area contributed by atoms with Gasteiger partial charge in [0.25, 0.3) is 0 Å². The van der Waals surface area contributed by atoms with Crippen LogP contribution >= 0.6 is 0 Å². The molecule has 0 atom stereocenters. The van der Waals surface area contributed by atoms with Crippen molar-refractivity contribution < 1.29 is 9.59 Å². The molecule has 0 bridgehead atoms. The molecule has 180 valence electrons. The van der Waals surface area contributed by atoms with Crippen LogP contribution in [0.4, 0.5) is 16.2 Å². The van der Waals surface area contributed by atoms with Gasteiger partial charge >= 0.3 is 6.03 Å². The Morgan fingerprint density at radius 1 is 0.600 bits per heavy atom. The third kappa shape index (κ3) is 4.68. The van der Waals surface area contributed by atoms with Gasteiger partial charge in [0.15, 0.2) is 0 Å². The number of piperazine rings is 1. The Hall–Kier alpha value is -3.60. The highest BCUT2D eigenvalue weighted by Crippen LogP contribution is 2.41. The lowest BCUT2D eigenvalue weighted by Gasteiger charge is -2.43. The average Bonchev–Trinajstić information content (AvgIpc) is 2.95. The molecule has 0 unspecified atom stereocenters. The molecule has 3 aromatic rings. The molecule has 5 nitrogen and oxygen atoms in total. The van der Waals surface area contributed by atoms with Gasteiger partial charge in [-0.25, -0.2) is 4.79 Å². The van der Waals surface area contributed by atoms with E-state index in [2.05, 4.69) is 12.1 Å². The molecule has 1 saturated carbocycles. The number of rotatable bonds is 4. The Balaban J connectivity index is 1.33. The molecule has 0 aromatic heterocycles. The van der Waals surface area contributed by atoms with Crippen LogP contribution in [0.2, 0.25) is 0 Å².